The second kappa shape index (κ2) is 12.1. The van der Waals surface area contributed by atoms with Crippen molar-refractivity contribution < 1.29 is 23.4 Å². The standard InChI is InChI=1S/C29H47FN4O4Si/c1-20-16-21(10-13-37-20)22-17-34(19-36-14-15-39(5,6)7)27-26(22)24(8-11-31-27)32-25-18-33(12-9-23(25)30)28(35)38-29(2,3)4/h8,11,17,20-21,23,25H,9-10,12-16,18-19H2,1-7H3,(H,31,32)/t20-,21-,23-,25+/m1/s1. The molecule has 2 saturated heterocycles. The van der Waals surface area contributed by atoms with Gasteiger partial charge in [-0.2, -0.15) is 0 Å². The zero-order chi connectivity index (χ0) is 28.4. The Morgan fingerprint density at radius 1 is 1.28 bits per heavy atom. The van der Waals surface area contributed by atoms with Gasteiger partial charge in [-0.3, -0.25) is 0 Å². The number of fused-ring (bicyclic) bond motifs is 1. The Morgan fingerprint density at radius 3 is 2.74 bits per heavy atom. The van der Waals surface area contributed by atoms with Gasteiger partial charge >= 0.3 is 6.09 Å². The predicted molar refractivity (Wildman–Crippen MR) is 156 cm³/mol. The van der Waals surface area contributed by atoms with Gasteiger partial charge in [0, 0.05) is 57.8 Å². The Bertz CT molecular complexity index is 1130. The molecule has 0 spiro atoms. The van der Waals surface area contributed by atoms with Crippen LogP contribution in [0.5, 0.6) is 0 Å². The molecular weight excluding hydrogens is 515 g/mol. The molecule has 4 heterocycles. The summed E-state index contributed by atoms with van der Waals surface area (Å²) in [7, 11) is -1.19. The summed E-state index contributed by atoms with van der Waals surface area (Å²) in [6.07, 6.45) is 4.74. The highest BCUT2D eigenvalue weighted by Crippen LogP contribution is 2.39. The van der Waals surface area contributed by atoms with Gasteiger partial charge in [0.25, 0.3) is 0 Å². The van der Waals surface area contributed by atoms with E-state index in [2.05, 4.69) is 42.6 Å². The summed E-state index contributed by atoms with van der Waals surface area (Å²) in [6, 6.07) is 2.48. The maximum Gasteiger partial charge on any atom is 0.410 e. The molecule has 0 radical (unpaired) electrons. The lowest BCUT2D eigenvalue weighted by atomic mass is 9.88. The molecule has 39 heavy (non-hydrogen) atoms. The Hall–Kier alpha value is -2.17. The fourth-order valence-electron chi connectivity index (χ4n) is 5.35. The zero-order valence-corrected chi connectivity index (χ0v) is 25.8. The van der Waals surface area contributed by atoms with Crippen molar-refractivity contribution in [3.63, 3.8) is 0 Å². The molecule has 0 saturated carbocycles. The van der Waals surface area contributed by atoms with Gasteiger partial charge in [0.1, 0.15) is 24.2 Å². The highest BCUT2D eigenvalue weighted by molar-refractivity contribution is 6.76. The lowest BCUT2D eigenvalue weighted by Gasteiger charge is -2.37. The molecule has 0 unspecified atom stereocenters. The van der Waals surface area contributed by atoms with Gasteiger partial charge in [0.2, 0.25) is 0 Å². The molecule has 8 nitrogen and oxygen atoms in total. The van der Waals surface area contributed by atoms with Crippen molar-refractivity contribution >= 4 is 30.9 Å². The van der Waals surface area contributed by atoms with E-state index in [1.807, 2.05) is 26.8 Å². The predicted octanol–water partition coefficient (Wildman–Crippen LogP) is 6.39. The summed E-state index contributed by atoms with van der Waals surface area (Å²) in [6.45, 7) is 17.1. The van der Waals surface area contributed by atoms with Gasteiger partial charge < -0.3 is 29.0 Å². The van der Waals surface area contributed by atoms with Gasteiger partial charge in [-0.15, -0.1) is 0 Å². The fourth-order valence-corrected chi connectivity index (χ4v) is 6.10. The van der Waals surface area contributed by atoms with Gasteiger partial charge in [0.05, 0.1) is 12.1 Å². The van der Waals surface area contributed by atoms with E-state index in [9.17, 15) is 4.79 Å². The second-order valence-electron chi connectivity index (χ2n) is 13.3. The molecule has 218 valence electrons. The summed E-state index contributed by atoms with van der Waals surface area (Å²) in [5, 5.41) is 4.47. The summed E-state index contributed by atoms with van der Waals surface area (Å²) in [5.74, 6) is 0.315. The average molecular weight is 563 g/mol. The van der Waals surface area contributed by atoms with E-state index in [-0.39, 0.29) is 19.1 Å². The number of piperidine rings is 1. The molecule has 0 aliphatic carbocycles. The van der Waals surface area contributed by atoms with Crippen LogP contribution in [0, 0.1) is 0 Å². The van der Waals surface area contributed by atoms with Crippen LogP contribution in [-0.4, -0.2) is 78.8 Å². The SMILES string of the molecule is C[C@@H]1C[C@H](c2cn(COCC[Si](C)(C)C)c3nccc(N[C@H]4CN(C(=O)OC(C)(C)C)CC[C@H]4F)c23)CCO1. The molecular formula is C29H47FN4O4Si. The molecule has 4 rings (SSSR count). The van der Waals surface area contributed by atoms with Crippen LogP contribution in [0.4, 0.5) is 14.9 Å². The highest BCUT2D eigenvalue weighted by Gasteiger charge is 2.35. The number of hydrogen-bond donors (Lipinski definition) is 1. The number of nitrogens with zero attached hydrogens (tertiary/aromatic N) is 3. The van der Waals surface area contributed by atoms with Crippen LogP contribution in [-0.2, 0) is 20.9 Å². The number of pyridine rings is 1. The Balaban J connectivity index is 1.61. The normalized spacial score (nSPS) is 24.7. The van der Waals surface area contributed by atoms with Gasteiger partial charge in [0.15, 0.2) is 0 Å². The average Bonchev–Trinajstić information content (AvgIpc) is 3.21. The van der Waals surface area contributed by atoms with E-state index < -0.39 is 32.0 Å². The largest absolute Gasteiger partial charge is 0.444 e. The van der Waals surface area contributed by atoms with Crippen LogP contribution in [0.2, 0.25) is 25.7 Å². The van der Waals surface area contributed by atoms with Crippen molar-refractivity contribution in [3.8, 4) is 0 Å². The second-order valence-corrected chi connectivity index (χ2v) is 19.0. The molecule has 0 aromatic carbocycles. The summed E-state index contributed by atoms with van der Waals surface area (Å²) < 4.78 is 34.8. The van der Waals surface area contributed by atoms with Crippen molar-refractivity contribution in [2.24, 2.45) is 0 Å². The van der Waals surface area contributed by atoms with Crippen molar-refractivity contribution in [1.82, 2.24) is 14.5 Å². The third kappa shape index (κ3) is 7.95. The molecule has 2 aromatic heterocycles. The maximum atomic E-state index is 15.2. The summed E-state index contributed by atoms with van der Waals surface area (Å²) in [5.41, 5.74) is 2.27. The third-order valence-electron chi connectivity index (χ3n) is 7.46. The lowest BCUT2D eigenvalue weighted by molar-refractivity contribution is 0.0150. The Morgan fingerprint density at radius 2 is 2.05 bits per heavy atom. The van der Waals surface area contributed by atoms with Gasteiger partial charge in [-0.1, -0.05) is 19.6 Å². The Labute approximate surface area is 233 Å². The minimum absolute atomic E-state index is 0.180. The van der Waals surface area contributed by atoms with E-state index in [0.29, 0.717) is 25.8 Å². The highest BCUT2D eigenvalue weighted by atomic mass is 28.3. The fraction of sp³-hybridized carbons (Fsp3) is 0.724. The minimum atomic E-state index is -1.19. The number of anilines is 1. The number of rotatable bonds is 8. The smallest absolute Gasteiger partial charge is 0.410 e. The topological polar surface area (TPSA) is 77.9 Å². The van der Waals surface area contributed by atoms with Crippen LogP contribution in [0.1, 0.15) is 58.4 Å². The number of likely N-dealkylation sites (tertiary alicyclic amines) is 1. The lowest BCUT2D eigenvalue weighted by Crippen LogP contribution is -2.52. The first-order valence-electron chi connectivity index (χ1n) is 14.4. The first-order chi connectivity index (χ1) is 18.3. The quantitative estimate of drug-likeness (QED) is 0.297. The van der Waals surface area contributed by atoms with E-state index in [4.69, 9.17) is 19.2 Å². The van der Waals surface area contributed by atoms with Crippen molar-refractivity contribution in [1.29, 1.82) is 0 Å². The molecule has 10 heteroatoms. The van der Waals surface area contributed by atoms with E-state index in [1.165, 1.54) is 5.56 Å². The monoisotopic (exact) mass is 562 g/mol. The molecule has 2 aliphatic heterocycles. The van der Waals surface area contributed by atoms with E-state index in [1.54, 1.807) is 11.1 Å². The molecule has 2 fully saturated rings. The van der Waals surface area contributed by atoms with Crippen LogP contribution >= 0.6 is 0 Å². The summed E-state index contributed by atoms with van der Waals surface area (Å²) >= 11 is 0. The number of aromatic nitrogens is 2. The first-order valence-corrected chi connectivity index (χ1v) is 18.1. The molecule has 4 atom stereocenters. The summed E-state index contributed by atoms with van der Waals surface area (Å²) in [4.78, 5) is 19.1. The van der Waals surface area contributed by atoms with Crippen molar-refractivity contribution in [2.75, 3.05) is 31.6 Å². The number of alkyl halides is 1. The number of nitrogens with one attached hydrogen (secondary N) is 1. The zero-order valence-electron chi connectivity index (χ0n) is 24.8. The van der Waals surface area contributed by atoms with E-state index >= 15 is 4.39 Å². The molecule has 2 aliphatic rings. The van der Waals surface area contributed by atoms with E-state index in [0.717, 1.165) is 42.2 Å². The first kappa shape index (κ1) is 29.8. The van der Waals surface area contributed by atoms with Gasteiger partial charge in [-0.05, 0) is 70.5 Å². The van der Waals surface area contributed by atoms with Gasteiger partial charge in [-0.25, -0.2) is 14.2 Å². The molecule has 1 N–H and O–H groups in total. The number of amides is 1. The van der Waals surface area contributed by atoms with Crippen molar-refractivity contribution in [3.05, 3.63) is 24.0 Å². The Kier molecular flexibility index (Phi) is 9.28. The third-order valence-corrected chi connectivity index (χ3v) is 9.16. The number of ether oxygens (including phenoxy) is 3. The van der Waals surface area contributed by atoms with Crippen LogP contribution in [0.3, 0.4) is 0 Å². The number of carbonyl (C=O) groups is 1. The molecule has 2 aromatic rings. The number of carbonyl (C=O) groups excluding carboxylic acids is 1. The number of halogens is 1. The molecule has 0 bridgehead atoms. The van der Waals surface area contributed by atoms with Crippen LogP contribution in [0.15, 0.2) is 18.5 Å². The van der Waals surface area contributed by atoms with Crippen LogP contribution in [0.25, 0.3) is 11.0 Å². The van der Waals surface area contributed by atoms with Crippen LogP contribution < -0.4 is 5.32 Å². The van der Waals surface area contributed by atoms with Crippen molar-refractivity contribution in [2.45, 2.75) is 109 Å². The minimum Gasteiger partial charge on any atom is -0.444 e. The maximum absolute atomic E-state index is 15.2. The molecule has 1 amide bonds. The number of hydrogen-bond acceptors (Lipinski definition) is 6.